The zero-order chi connectivity index (χ0) is 18.5. The molecule has 0 aliphatic rings. The first-order valence-corrected chi connectivity index (χ1v) is 8.67. The van der Waals surface area contributed by atoms with Gasteiger partial charge in [0.1, 0.15) is 6.33 Å². The van der Waals surface area contributed by atoms with Crippen molar-refractivity contribution in [3.63, 3.8) is 0 Å². The summed E-state index contributed by atoms with van der Waals surface area (Å²) in [5.41, 5.74) is 1.50. The quantitative estimate of drug-likeness (QED) is 0.433. The maximum absolute atomic E-state index is 11.6. The highest BCUT2D eigenvalue weighted by molar-refractivity contribution is 9.10. The third-order valence-corrected chi connectivity index (χ3v) is 4.29. The summed E-state index contributed by atoms with van der Waals surface area (Å²) in [6.07, 6.45) is 1.30. The zero-order valence-corrected chi connectivity index (χ0v) is 15.5. The Morgan fingerprint density at radius 3 is 2.35 bits per heavy atom. The molecule has 1 atom stereocenters. The van der Waals surface area contributed by atoms with E-state index in [1.807, 2.05) is 49.4 Å². The van der Waals surface area contributed by atoms with E-state index in [0.717, 1.165) is 10.0 Å². The van der Waals surface area contributed by atoms with Crippen molar-refractivity contribution in [3.8, 4) is 0 Å². The van der Waals surface area contributed by atoms with Crippen molar-refractivity contribution in [1.29, 1.82) is 0 Å². The smallest absolute Gasteiger partial charge is 0.353 e. The van der Waals surface area contributed by atoms with Crippen LogP contribution in [0.2, 0.25) is 0 Å². The van der Waals surface area contributed by atoms with Crippen LogP contribution >= 0.6 is 15.9 Å². The van der Waals surface area contributed by atoms with Crippen molar-refractivity contribution < 1.29 is 4.92 Å². The van der Waals surface area contributed by atoms with Gasteiger partial charge in [-0.15, -0.1) is 0 Å². The first kappa shape index (κ1) is 17.8. The molecule has 1 unspecified atom stereocenters. The van der Waals surface area contributed by atoms with E-state index < -0.39 is 4.92 Å². The SMILES string of the molecule is CC(Nc1ncnc(Nc2ccc(Br)cc2)c1[N+](=O)[O-])c1ccccc1. The van der Waals surface area contributed by atoms with Crippen LogP contribution in [-0.2, 0) is 0 Å². The van der Waals surface area contributed by atoms with E-state index in [4.69, 9.17) is 0 Å². The molecule has 0 saturated heterocycles. The Morgan fingerprint density at radius 1 is 1.04 bits per heavy atom. The summed E-state index contributed by atoms with van der Waals surface area (Å²) in [4.78, 5) is 19.3. The van der Waals surface area contributed by atoms with Crippen molar-refractivity contribution in [3.05, 3.63) is 81.1 Å². The Bertz CT molecular complexity index is 903. The van der Waals surface area contributed by atoms with E-state index >= 15 is 0 Å². The van der Waals surface area contributed by atoms with Crippen LogP contribution in [-0.4, -0.2) is 14.9 Å². The number of benzene rings is 2. The van der Waals surface area contributed by atoms with Crippen LogP contribution in [0.15, 0.2) is 65.4 Å². The van der Waals surface area contributed by atoms with E-state index in [1.165, 1.54) is 6.33 Å². The molecule has 26 heavy (non-hydrogen) atoms. The average Bonchev–Trinajstić information content (AvgIpc) is 2.64. The van der Waals surface area contributed by atoms with Crippen molar-refractivity contribution in [1.82, 2.24) is 9.97 Å². The van der Waals surface area contributed by atoms with Gasteiger partial charge in [-0.1, -0.05) is 46.3 Å². The molecular weight excluding hydrogens is 398 g/mol. The third kappa shape index (κ3) is 4.15. The molecule has 0 aliphatic carbocycles. The molecule has 1 heterocycles. The summed E-state index contributed by atoms with van der Waals surface area (Å²) < 4.78 is 0.916. The third-order valence-electron chi connectivity index (χ3n) is 3.76. The lowest BCUT2D eigenvalue weighted by Crippen LogP contribution is -2.11. The molecule has 3 aromatic rings. The van der Waals surface area contributed by atoms with Crippen molar-refractivity contribution >= 4 is 38.9 Å². The molecule has 0 amide bonds. The molecule has 132 valence electrons. The summed E-state index contributed by atoms with van der Waals surface area (Å²) in [6.45, 7) is 1.92. The summed E-state index contributed by atoms with van der Waals surface area (Å²) >= 11 is 3.36. The Morgan fingerprint density at radius 2 is 1.69 bits per heavy atom. The van der Waals surface area contributed by atoms with E-state index in [2.05, 4.69) is 36.5 Å². The lowest BCUT2D eigenvalue weighted by Gasteiger charge is -2.15. The topological polar surface area (TPSA) is 93.0 Å². The Hall–Kier alpha value is -3.00. The van der Waals surface area contributed by atoms with Gasteiger partial charge in [-0.05, 0) is 36.8 Å². The van der Waals surface area contributed by atoms with Gasteiger partial charge in [-0.25, -0.2) is 9.97 Å². The molecule has 0 spiro atoms. The first-order valence-electron chi connectivity index (χ1n) is 7.88. The highest BCUT2D eigenvalue weighted by atomic mass is 79.9. The maximum atomic E-state index is 11.6. The maximum Gasteiger partial charge on any atom is 0.353 e. The number of anilines is 3. The molecule has 7 nitrogen and oxygen atoms in total. The molecule has 0 aliphatic heterocycles. The Balaban J connectivity index is 1.91. The molecule has 2 aromatic carbocycles. The second kappa shape index (κ2) is 7.92. The molecule has 0 radical (unpaired) electrons. The van der Waals surface area contributed by atoms with Gasteiger partial charge >= 0.3 is 5.69 Å². The second-order valence-corrected chi connectivity index (χ2v) is 6.50. The van der Waals surface area contributed by atoms with Gasteiger partial charge in [0, 0.05) is 10.2 Å². The monoisotopic (exact) mass is 413 g/mol. The Labute approximate surface area is 158 Å². The molecule has 8 heteroatoms. The minimum absolute atomic E-state index is 0.134. The molecular formula is C18H16BrN5O2. The Kier molecular flexibility index (Phi) is 5.43. The van der Waals surface area contributed by atoms with Gasteiger partial charge in [0.15, 0.2) is 0 Å². The number of nitrogens with one attached hydrogen (secondary N) is 2. The fourth-order valence-corrected chi connectivity index (χ4v) is 2.71. The van der Waals surface area contributed by atoms with Crippen LogP contribution in [0, 0.1) is 10.1 Å². The standard InChI is InChI=1S/C18H16BrN5O2/c1-12(13-5-3-2-4-6-13)22-17-16(24(25)26)18(21-11-20-17)23-15-9-7-14(19)8-10-15/h2-12H,1H3,(H2,20,21,22,23). The van der Waals surface area contributed by atoms with Gasteiger partial charge in [-0.2, -0.15) is 0 Å². The van der Waals surface area contributed by atoms with Crippen LogP contribution < -0.4 is 10.6 Å². The first-order chi connectivity index (χ1) is 12.5. The fraction of sp³-hybridized carbons (Fsp3) is 0.111. The predicted octanol–water partition coefficient (Wildman–Crippen LogP) is 5.06. The number of aromatic nitrogens is 2. The van der Waals surface area contributed by atoms with Gasteiger partial charge in [-0.3, -0.25) is 10.1 Å². The summed E-state index contributed by atoms with van der Waals surface area (Å²) in [5, 5.41) is 17.7. The minimum atomic E-state index is -0.485. The lowest BCUT2D eigenvalue weighted by molar-refractivity contribution is -0.383. The van der Waals surface area contributed by atoms with Crippen molar-refractivity contribution in [2.24, 2.45) is 0 Å². The summed E-state index contributed by atoms with van der Waals surface area (Å²) in [6, 6.07) is 16.8. The number of nitrogens with zero attached hydrogens (tertiary/aromatic N) is 3. The van der Waals surface area contributed by atoms with E-state index in [-0.39, 0.29) is 23.4 Å². The van der Waals surface area contributed by atoms with E-state index in [0.29, 0.717) is 5.69 Å². The molecule has 0 bridgehead atoms. The van der Waals surface area contributed by atoms with Crippen molar-refractivity contribution in [2.45, 2.75) is 13.0 Å². The molecule has 1 aromatic heterocycles. The molecule has 3 rings (SSSR count). The number of hydrogen-bond donors (Lipinski definition) is 2. The van der Waals surface area contributed by atoms with Crippen LogP contribution in [0.4, 0.5) is 23.0 Å². The number of rotatable bonds is 6. The summed E-state index contributed by atoms with van der Waals surface area (Å²) in [7, 11) is 0. The highest BCUT2D eigenvalue weighted by Gasteiger charge is 2.24. The van der Waals surface area contributed by atoms with Crippen LogP contribution in [0.25, 0.3) is 0 Å². The molecule has 0 saturated carbocycles. The van der Waals surface area contributed by atoms with Gasteiger partial charge < -0.3 is 10.6 Å². The van der Waals surface area contributed by atoms with Crippen LogP contribution in [0.1, 0.15) is 18.5 Å². The number of nitro groups is 1. The van der Waals surface area contributed by atoms with Crippen molar-refractivity contribution in [2.75, 3.05) is 10.6 Å². The fourth-order valence-electron chi connectivity index (χ4n) is 2.45. The number of halogens is 1. The normalized spacial score (nSPS) is 11.6. The van der Waals surface area contributed by atoms with E-state index in [9.17, 15) is 10.1 Å². The average molecular weight is 414 g/mol. The van der Waals surface area contributed by atoms with Gasteiger partial charge in [0.2, 0.25) is 11.6 Å². The predicted molar refractivity (Wildman–Crippen MR) is 105 cm³/mol. The van der Waals surface area contributed by atoms with Crippen LogP contribution in [0.5, 0.6) is 0 Å². The second-order valence-electron chi connectivity index (χ2n) is 5.59. The zero-order valence-electron chi connectivity index (χ0n) is 13.9. The number of hydrogen-bond acceptors (Lipinski definition) is 6. The van der Waals surface area contributed by atoms with Gasteiger partial charge in [0.25, 0.3) is 0 Å². The minimum Gasteiger partial charge on any atom is -0.358 e. The molecule has 2 N–H and O–H groups in total. The highest BCUT2D eigenvalue weighted by Crippen LogP contribution is 2.33. The van der Waals surface area contributed by atoms with E-state index in [1.54, 1.807) is 12.1 Å². The van der Waals surface area contributed by atoms with Gasteiger partial charge in [0.05, 0.1) is 11.0 Å². The largest absolute Gasteiger partial charge is 0.358 e. The summed E-state index contributed by atoms with van der Waals surface area (Å²) in [5.74, 6) is 0.302. The van der Waals surface area contributed by atoms with Crippen LogP contribution in [0.3, 0.4) is 0 Å². The lowest BCUT2D eigenvalue weighted by atomic mass is 10.1. The molecule has 0 fully saturated rings.